The molecule has 18 heavy (non-hydrogen) atoms. The zero-order valence-electron chi connectivity index (χ0n) is 10.8. The quantitative estimate of drug-likeness (QED) is 0.334. The van der Waals surface area contributed by atoms with Crippen molar-refractivity contribution in [3.8, 4) is 5.75 Å². The van der Waals surface area contributed by atoms with Crippen LogP contribution < -0.4 is 4.74 Å². The lowest BCUT2D eigenvalue weighted by molar-refractivity contribution is 0.135. The summed E-state index contributed by atoms with van der Waals surface area (Å²) in [7, 11) is 0. The first-order valence-electron chi connectivity index (χ1n) is 5.93. The predicted octanol–water partition coefficient (Wildman–Crippen LogP) is 4.42. The summed E-state index contributed by atoms with van der Waals surface area (Å²) >= 11 is 0. The lowest BCUT2D eigenvalue weighted by Gasteiger charge is -2.09. The zero-order valence-corrected chi connectivity index (χ0v) is 10.8. The largest absolute Gasteiger partial charge is 0.518 e. The molecule has 1 unspecified atom stereocenters. The monoisotopic (exact) mass is 246 g/mol. The van der Waals surface area contributed by atoms with Gasteiger partial charge < -0.3 is 9.47 Å². The summed E-state index contributed by atoms with van der Waals surface area (Å²) in [6, 6.07) is 7.44. The first-order chi connectivity index (χ1) is 8.67. The number of ether oxygens (including phenoxy) is 2. The fraction of sp³-hybridized carbons (Fsp3) is 0.267. The van der Waals surface area contributed by atoms with Crippen LogP contribution in [0.1, 0.15) is 31.7 Å². The van der Waals surface area contributed by atoms with Gasteiger partial charge in [0.25, 0.3) is 0 Å². The molecular weight excluding hydrogens is 228 g/mol. The highest BCUT2D eigenvalue weighted by molar-refractivity contribution is 5.64. The van der Waals surface area contributed by atoms with Crippen LogP contribution in [0, 0.1) is 0 Å². The third kappa shape index (κ3) is 4.45. The minimum absolute atomic E-state index is 0.471. The summed E-state index contributed by atoms with van der Waals surface area (Å²) in [4.78, 5) is 11.2. The molecule has 0 heterocycles. The third-order valence-electron chi connectivity index (χ3n) is 2.64. The van der Waals surface area contributed by atoms with Gasteiger partial charge in [0.1, 0.15) is 5.75 Å². The molecule has 0 fully saturated rings. The van der Waals surface area contributed by atoms with Crippen LogP contribution in [0.2, 0.25) is 0 Å². The van der Waals surface area contributed by atoms with Crippen molar-refractivity contribution in [3.05, 3.63) is 54.8 Å². The van der Waals surface area contributed by atoms with Crippen LogP contribution in [-0.2, 0) is 4.74 Å². The summed E-state index contributed by atoms with van der Waals surface area (Å²) < 4.78 is 9.65. The molecule has 0 spiro atoms. The Labute approximate surface area is 108 Å². The molecular formula is C15H18O3. The Morgan fingerprint density at radius 1 is 1.39 bits per heavy atom. The molecule has 3 heteroatoms. The van der Waals surface area contributed by atoms with Gasteiger partial charge in [-0.05, 0) is 36.1 Å². The van der Waals surface area contributed by atoms with E-state index in [0.29, 0.717) is 11.7 Å². The van der Waals surface area contributed by atoms with Gasteiger partial charge in [-0.25, -0.2) is 4.79 Å². The van der Waals surface area contributed by atoms with E-state index >= 15 is 0 Å². The van der Waals surface area contributed by atoms with Crippen molar-refractivity contribution in [2.45, 2.75) is 26.2 Å². The van der Waals surface area contributed by atoms with Crippen molar-refractivity contribution >= 4 is 6.16 Å². The van der Waals surface area contributed by atoms with Gasteiger partial charge >= 0.3 is 6.16 Å². The minimum atomic E-state index is -0.760. The first kappa shape index (κ1) is 14.0. The van der Waals surface area contributed by atoms with Gasteiger partial charge in [0, 0.05) is 0 Å². The summed E-state index contributed by atoms with van der Waals surface area (Å²) in [5.74, 6) is 0.973. The van der Waals surface area contributed by atoms with Crippen molar-refractivity contribution in [2.75, 3.05) is 0 Å². The standard InChI is InChI=1S/C15H18O3/c1-4-6-11-17-15(16)18-14-9-7-13(8-10-14)12(3)5-2/h4,6-12H,1,5H2,2-3H3/b11-6+. The van der Waals surface area contributed by atoms with Gasteiger partial charge in [-0.1, -0.05) is 38.6 Å². The second-order valence-corrected chi connectivity index (χ2v) is 3.91. The van der Waals surface area contributed by atoms with Crippen molar-refractivity contribution in [1.29, 1.82) is 0 Å². The second-order valence-electron chi connectivity index (χ2n) is 3.91. The number of hydrogen-bond donors (Lipinski definition) is 0. The highest BCUT2D eigenvalue weighted by Gasteiger charge is 2.06. The molecule has 0 aliphatic carbocycles. The third-order valence-corrected chi connectivity index (χ3v) is 2.64. The van der Waals surface area contributed by atoms with Gasteiger partial charge in [-0.3, -0.25) is 0 Å². The molecule has 0 amide bonds. The number of benzene rings is 1. The molecule has 0 aromatic heterocycles. The van der Waals surface area contributed by atoms with Gasteiger partial charge in [-0.15, -0.1) is 0 Å². The van der Waals surface area contributed by atoms with Crippen LogP contribution in [-0.4, -0.2) is 6.16 Å². The van der Waals surface area contributed by atoms with E-state index in [1.54, 1.807) is 12.1 Å². The van der Waals surface area contributed by atoms with E-state index in [2.05, 4.69) is 25.2 Å². The maximum atomic E-state index is 11.2. The summed E-state index contributed by atoms with van der Waals surface area (Å²) in [5, 5.41) is 0. The Bertz CT molecular complexity index is 418. The average Bonchev–Trinajstić information content (AvgIpc) is 2.39. The first-order valence-corrected chi connectivity index (χ1v) is 5.93. The molecule has 0 aliphatic rings. The maximum Gasteiger partial charge on any atom is 0.518 e. The molecule has 0 bridgehead atoms. The van der Waals surface area contributed by atoms with Gasteiger partial charge in [0.15, 0.2) is 0 Å². The maximum absolute atomic E-state index is 11.2. The predicted molar refractivity (Wildman–Crippen MR) is 71.6 cm³/mol. The SMILES string of the molecule is C=C/C=C/OC(=O)Oc1ccc(C(C)CC)cc1. The molecule has 0 radical (unpaired) electrons. The lowest BCUT2D eigenvalue weighted by Crippen LogP contribution is -2.06. The highest BCUT2D eigenvalue weighted by atomic mass is 16.7. The fourth-order valence-electron chi connectivity index (χ4n) is 1.37. The van der Waals surface area contributed by atoms with E-state index in [0.717, 1.165) is 6.42 Å². The van der Waals surface area contributed by atoms with Crippen LogP contribution in [0.4, 0.5) is 4.79 Å². The van der Waals surface area contributed by atoms with Crippen molar-refractivity contribution < 1.29 is 14.3 Å². The number of carbonyl (C=O) groups excluding carboxylic acids is 1. The molecule has 0 aliphatic heterocycles. The van der Waals surface area contributed by atoms with Crippen LogP contribution in [0.15, 0.2) is 49.3 Å². The normalized spacial score (nSPS) is 12.1. The summed E-state index contributed by atoms with van der Waals surface area (Å²) in [6.45, 7) is 7.75. The average molecular weight is 246 g/mol. The zero-order chi connectivity index (χ0) is 13.4. The molecule has 0 saturated carbocycles. The van der Waals surface area contributed by atoms with Crippen molar-refractivity contribution in [3.63, 3.8) is 0 Å². The van der Waals surface area contributed by atoms with E-state index < -0.39 is 6.16 Å². The van der Waals surface area contributed by atoms with E-state index in [1.807, 2.05) is 12.1 Å². The van der Waals surface area contributed by atoms with Gasteiger partial charge in [0.2, 0.25) is 0 Å². The summed E-state index contributed by atoms with van der Waals surface area (Å²) in [5.41, 5.74) is 1.23. The number of rotatable bonds is 5. The van der Waals surface area contributed by atoms with E-state index in [-0.39, 0.29) is 0 Å². The Balaban J connectivity index is 2.55. The van der Waals surface area contributed by atoms with Crippen LogP contribution in [0.5, 0.6) is 5.75 Å². The molecule has 0 saturated heterocycles. The fourth-order valence-corrected chi connectivity index (χ4v) is 1.37. The van der Waals surface area contributed by atoms with Crippen LogP contribution in [0.25, 0.3) is 0 Å². The number of carbonyl (C=O) groups is 1. The van der Waals surface area contributed by atoms with Gasteiger partial charge in [0.05, 0.1) is 6.26 Å². The molecule has 1 aromatic rings. The van der Waals surface area contributed by atoms with E-state index in [9.17, 15) is 4.79 Å². The van der Waals surface area contributed by atoms with Gasteiger partial charge in [-0.2, -0.15) is 0 Å². The smallest absolute Gasteiger partial charge is 0.403 e. The Hall–Kier alpha value is -2.03. The van der Waals surface area contributed by atoms with Crippen molar-refractivity contribution in [2.24, 2.45) is 0 Å². The number of hydrogen-bond acceptors (Lipinski definition) is 3. The molecule has 1 rings (SSSR count). The highest BCUT2D eigenvalue weighted by Crippen LogP contribution is 2.21. The molecule has 96 valence electrons. The molecule has 3 nitrogen and oxygen atoms in total. The molecule has 0 N–H and O–H groups in total. The minimum Gasteiger partial charge on any atom is -0.403 e. The molecule has 1 atom stereocenters. The molecule has 1 aromatic carbocycles. The Morgan fingerprint density at radius 3 is 2.61 bits per heavy atom. The Morgan fingerprint density at radius 2 is 2.06 bits per heavy atom. The van der Waals surface area contributed by atoms with Crippen molar-refractivity contribution in [1.82, 2.24) is 0 Å². The van der Waals surface area contributed by atoms with Crippen LogP contribution in [0.3, 0.4) is 0 Å². The van der Waals surface area contributed by atoms with Crippen LogP contribution >= 0.6 is 0 Å². The Kier molecular flexibility index (Phi) is 5.71. The topological polar surface area (TPSA) is 35.5 Å². The van der Waals surface area contributed by atoms with E-state index in [4.69, 9.17) is 4.74 Å². The number of allylic oxidation sites excluding steroid dienone is 2. The second kappa shape index (κ2) is 7.33. The lowest BCUT2D eigenvalue weighted by atomic mass is 9.99. The van der Waals surface area contributed by atoms with E-state index in [1.165, 1.54) is 24.0 Å². The summed E-state index contributed by atoms with van der Waals surface area (Å²) in [6.07, 6.45) is 4.56.